The Morgan fingerprint density at radius 2 is 1.93 bits per heavy atom. The van der Waals surface area contributed by atoms with E-state index in [1.807, 2.05) is 4.90 Å². The van der Waals surface area contributed by atoms with Crippen LogP contribution in [0.1, 0.15) is 55.5 Å². The van der Waals surface area contributed by atoms with Crippen LogP contribution in [0.25, 0.3) is 0 Å². The monoisotopic (exact) mass is 376 g/mol. The summed E-state index contributed by atoms with van der Waals surface area (Å²) >= 11 is 0. The Morgan fingerprint density at radius 1 is 1.22 bits per heavy atom. The van der Waals surface area contributed by atoms with Crippen molar-refractivity contribution < 1.29 is 14.0 Å². The zero-order valence-corrected chi connectivity index (χ0v) is 17.1. The third kappa shape index (κ3) is 4.13. The highest BCUT2D eigenvalue weighted by molar-refractivity contribution is 5.90. The smallest absolute Gasteiger partial charge is 0.319 e. The molecule has 3 amide bonds. The second-order valence-electron chi connectivity index (χ2n) is 9.19. The van der Waals surface area contributed by atoms with E-state index in [4.69, 9.17) is 10.2 Å². The summed E-state index contributed by atoms with van der Waals surface area (Å²) < 4.78 is 5.81. The van der Waals surface area contributed by atoms with Crippen molar-refractivity contribution >= 4 is 11.9 Å². The molecule has 3 aliphatic rings. The van der Waals surface area contributed by atoms with Gasteiger partial charge in [0.15, 0.2) is 5.76 Å². The zero-order chi connectivity index (χ0) is 19.9. The molecule has 27 heavy (non-hydrogen) atoms. The van der Waals surface area contributed by atoms with Gasteiger partial charge in [0.1, 0.15) is 5.76 Å². The minimum absolute atomic E-state index is 0.0865. The number of carbonyl (C=O) groups is 2. The number of carbonyl (C=O) groups excluding carboxylic acids is 2. The highest BCUT2D eigenvalue weighted by Crippen LogP contribution is 2.34. The maximum absolute atomic E-state index is 12.5. The molecule has 2 N–H and O–H groups in total. The van der Waals surface area contributed by atoms with Crippen LogP contribution >= 0.6 is 0 Å². The van der Waals surface area contributed by atoms with E-state index in [0.29, 0.717) is 18.5 Å². The van der Waals surface area contributed by atoms with E-state index in [9.17, 15) is 9.59 Å². The topological polar surface area (TPSA) is 83.0 Å². The molecule has 3 fully saturated rings. The summed E-state index contributed by atoms with van der Waals surface area (Å²) in [7, 11) is 3.61. The van der Waals surface area contributed by atoms with Crippen LogP contribution in [0, 0.1) is 5.92 Å². The van der Waals surface area contributed by atoms with Gasteiger partial charge in [-0.05, 0) is 24.8 Å². The predicted molar refractivity (Wildman–Crippen MR) is 104 cm³/mol. The summed E-state index contributed by atoms with van der Waals surface area (Å²) in [5.74, 6) is 0.983. The highest BCUT2D eigenvalue weighted by atomic mass is 16.4. The second kappa shape index (κ2) is 7.19. The Balaban J connectivity index is 1.83. The lowest BCUT2D eigenvalue weighted by Gasteiger charge is -2.36. The molecule has 1 aromatic heterocycles. The number of rotatable bonds is 3. The number of fused-ring (bicyclic) bond motifs is 4. The van der Waals surface area contributed by atoms with Gasteiger partial charge in [0.25, 0.3) is 5.91 Å². The van der Waals surface area contributed by atoms with Gasteiger partial charge in [-0.3, -0.25) is 9.69 Å². The molecule has 3 aliphatic heterocycles. The third-order valence-electron chi connectivity index (χ3n) is 5.59. The molecule has 0 unspecified atom stereocenters. The Hall–Kier alpha value is -2.02. The fourth-order valence-corrected chi connectivity index (χ4v) is 4.33. The van der Waals surface area contributed by atoms with Crippen molar-refractivity contribution in [2.24, 2.45) is 11.7 Å². The highest BCUT2D eigenvalue weighted by Gasteiger charge is 2.38. The number of primary amides is 1. The second-order valence-corrected chi connectivity index (χ2v) is 9.19. The Labute approximate surface area is 161 Å². The summed E-state index contributed by atoms with van der Waals surface area (Å²) in [6, 6.07) is 2.21. The maximum atomic E-state index is 12.5. The summed E-state index contributed by atoms with van der Waals surface area (Å²) in [5, 5.41) is 0. The lowest BCUT2D eigenvalue weighted by atomic mass is 9.89. The van der Waals surface area contributed by atoms with Crippen molar-refractivity contribution in [2.45, 2.75) is 51.6 Å². The molecule has 1 aromatic rings. The molecular formula is C20H32N4O3. The first kappa shape index (κ1) is 19.7. The van der Waals surface area contributed by atoms with Crippen molar-refractivity contribution in [1.82, 2.24) is 14.7 Å². The predicted octanol–water partition coefficient (Wildman–Crippen LogP) is 2.25. The van der Waals surface area contributed by atoms with Crippen molar-refractivity contribution in [1.29, 1.82) is 0 Å². The molecule has 7 nitrogen and oxygen atoms in total. The van der Waals surface area contributed by atoms with E-state index in [-0.39, 0.29) is 17.2 Å². The molecule has 0 spiro atoms. The van der Waals surface area contributed by atoms with Gasteiger partial charge in [0.2, 0.25) is 0 Å². The van der Waals surface area contributed by atoms with Crippen molar-refractivity contribution in [3.63, 3.8) is 0 Å². The fourth-order valence-electron chi connectivity index (χ4n) is 4.33. The molecule has 4 heterocycles. The first-order valence-electron chi connectivity index (χ1n) is 9.69. The minimum Gasteiger partial charge on any atom is -0.455 e. The largest absolute Gasteiger partial charge is 0.455 e. The van der Waals surface area contributed by atoms with Gasteiger partial charge in [0, 0.05) is 57.3 Å². The van der Waals surface area contributed by atoms with Crippen LogP contribution in [0.2, 0.25) is 0 Å². The van der Waals surface area contributed by atoms with Crippen LogP contribution in [-0.2, 0) is 12.0 Å². The average molecular weight is 377 g/mol. The molecule has 150 valence electrons. The summed E-state index contributed by atoms with van der Waals surface area (Å²) in [5.41, 5.74) is 6.26. The van der Waals surface area contributed by atoms with Crippen molar-refractivity contribution in [2.75, 3.05) is 33.7 Å². The Kier molecular flexibility index (Phi) is 5.25. The first-order valence-corrected chi connectivity index (χ1v) is 9.69. The van der Waals surface area contributed by atoms with Gasteiger partial charge in [-0.25, -0.2) is 4.79 Å². The number of amides is 3. The molecule has 0 radical (unpaired) electrons. The number of urea groups is 1. The quantitative estimate of drug-likeness (QED) is 0.877. The van der Waals surface area contributed by atoms with E-state index in [1.54, 1.807) is 25.1 Å². The van der Waals surface area contributed by atoms with Crippen molar-refractivity contribution in [3.8, 4) is 0 Å². The molecule has 3 saturated heterocycles. The number of nitrogens with zero attached hydrogens (tertiary/aromatic N) is 3. The molecular weight excluding hydrogens is 344 g/mol. The fraction of sp³-hybridized carbons (Fsp3) is 0.700. The molecule has 0 saturated carbocycles. The van der Waals surface area contributed by atoms with Crippen LogP contribution in [-0.4, -0.2) is 66.4 Å². The molecule has 0 aromatic carbocycles. The van der Waals surface area contributed by atoms with E-state index in [2.05, 4.69) is 25.7 Å². The lowest BCUT2D eigenvalue weighted by molar-refractivity contribution is 0.0970. The number of nitrogens with two attached hydrogens (primary N) is 1. The molecule has 7 heteroatoms. The SMILES string of the molecule is CN(C)C(=O)N1C[C@H]2CC[C@@H](C1)N(Cc1cc(C(N)=O)oc1C(C)(C)C)C2. The van der Waals surface area contributed by atoms with Crippen LogP contribution in [0.3, 0.4) is 0 Å². The normalized spacial score (nSPS) is 23.4. The van der Waals surface area contributed by atoms with E-state index >= 15 is 0 Å². The molecule has 2 bridgehead atoms. The van der Waals surface area contributed by atoms with E-state index < -0.39 is 5.91 Å². The summed E-state index contributed by atoms with van der Waals surface area (Å²) in [6.45, 7) is 9.47. The molecule has 4 rings (SSSR count). The standard InChI is InChI=1S/C20H32N4O3/c1-20(2,3)17-14(8-16(27-17)18(21)25)11-23-9-13-6-7-15(23)12-24(10-13)19(26)22(4)5/h8,13,15H,6-7,9-12H2,1-5H3,(H2,21,25)/t13-,15-/m0/s1. The molecule has 2 atom stereocenters. The van der Waals surface area contributed by atoms with Crippen molar-refractivity contribution in [3.05, 3.63) is 23.2 Å². The summed E-state index contributed by atoms with van der Waals surface area (Å²) in [4.78, 5) is 30.2. The lowest BCUT2D eigenvalue weighted by Crippen LogP contribution is -2.45. The van der Waals surface area contributed by atoms with Gasteiger partial charge in [-0.2, -0.15) is 0 Å². The molecule has 0 aliphatic carbocycles. The van der Waals surface area contributed by atoms with Crippen LogP contribution in [0.5, 0.6) is 0 Å². The Morgan fingerprint density at radius 3 is 2.52 bits per heavy atom. The van der Waals surface area contributed by atoms with Gasteiger partial charge >= 0.3 is 6.03 Å². The van der Waals surface area contributed by atoms with Gasteiger partial charge in [-0.15, -0.1) is 0 Å². The minimum atomic E-state index is -0.535. The summed E-state index contributed by atoms with van der Waals surface area (Å²) in [6.07, 6.45) is 2.25. The number of piperidine rings is 1. The van der Waals surface area contributed by atoms with Crippen LogP contribution in [0.15, 0.2) is 10.5 Å². The van der Waals surface area contributed by atoms with Crippen LogP contribution < -0.4 is 5.73 Å². The average Bonchev–Trinajstić information content (AvgIpc) is 2.80. The Bertz CT molecular complexity index is 719. The maximum Gasteiger partial charge on any atom is 0.319 e. The van der Waals surface area contributed by atoms with E-state index in [0.717, 1.165) is 43.8 Å². The number of hydrogen-bond donors (Lipinski definition) is 1. The number of furan rings is 1. The van der Waals surface area contributed by atoms with Gasteiger partial charge in [-0.1, -0.05) is 20.8 Å². The van der Waals surface area contributed by atoms with Gasteiger partial charge in [0.05, 0.1) is 0 Å². The zero-order valence-electron chi connectivity index (χ0n) is 17.1. The van der Waals surface area contributed by atoms with E-state index in [1.165, 1.54) is 0 Å². The first-order chi connectivity index (χ1) is 12.6. The number of hydrogen-bond acceptors (Lipinski definition) is 4. The van der Waals surface area contributed by atoms with Crippen LogP contribution in [0.4, 0.5) is 4.79 Å². The third-order valence-corrected chi connectivity index (χ3v) is 5.59. The van der Waals surface area contributed by atoms with Gasteiger partial charge < -0.3 is 20.0 Å².